The van der Waals surface area contributed by atoms with E-state index >= 15 is 0 Å². The summed E-state index contributed by atoms with van der Waals surface area (Å²) in [5.74, 6) is 1.73. The van der Waals surface area contributed by atoms with Gasteiger partial charge < -0.3 is 24.4 Å². The van der Waals surface area contributed by atoms with Crippen LogP contribution in [0.3, 0.4) is 0 Å². The first-order valence-electron chi connectivity index (χ1n) is 11.5. The summed E-state index contributed by atoms with van der Waals surface area (Å²) in [6.07, 6.45) is 6.96. The third-order valence-electron chi connectivity index (χ3n) is 6.17. The van der Waals surface area contributed by atoms with Gasteiger partial charge in [0, 0.05) is 11.8 Å². The van der Waals surface area contributed by atoms with E-state index in [2.05, 4.69) is 27.5 Å². The molecule has 2 N–H and O–H groups in total. The molecular formula is C26H32N4O4. The van der Waals surface area contributed by atoms with Gasteiger partial charge in [0.05, 0.1) is 32.0 Å². The Bertz CT molecular complexity index is 1090. The number of hydrogen-bond donors (Lipinski definition) is 2. The van der Waals surface area contributed by atoms with E-state index in [9.17, 15) is 4.79 Å². The molecule has 0 radical (unpaired) electrons. The SMILES string of the molecule is CN1CCCC1.COc1ccc2c(c1)CC(C(=O)Nc1ccc(-c3cn[nH]c3)cc1OC)CO2. The number of aromatic amines is 1. The molecule has 1 amide bonds. The normalized spacial score (nSPS) is 17.1. The molecular weight excluding hydrogens is 432 g/mol. The zero-order chi connectivity index (χ0) is 23.9. The highest BCUT2D eigenvalue weighted by Crippen LogP contribution is 2.33. The number of H-pyrrole nitrogens is 1. The minimum Gasteiger partial charge on any atom is -0.497 e. The number of methoxy groups -OCH3 is 2. The highest BCUT2D eigenvalue weighted by atomic mass is 16.5. The number of aromatic nitrogens is 2. The maximum absolute atomic E-state index is 12.8. The summed E-state index contributed by atoms with van der Waals surface area (Å²) in [7, 11) is 5.37. The van der Waals surface area contributed by atoms with Crippen molar-refractivity contribution in [2.24, 2.45) is 5.92 Å². The van der Waals surface area contributed by atoms with E-state index < -0.39 is 0 Å². The molecule has 8 heteroatoms. The van der Waals surface area contributed by atoms with Crippen molar-refractivity contribution in [3.8, 4) is 28.4 Å². The van der Waals surface area contributed by atoms with Crippen molar-refractivity contribution in [3.63, 3.8) is 0 Å². The number of rotatable bonds is 5. The van der Waals surface area contributed by atoms with Crippen LogP contribution in [0.4, 0.5) is 5.69 Å². The second-order valence-corrected chi connectivity index (χ2v) is 8.59. The Morgan fingerprint density at radius 3 is 2.59 bits per heavy atom. The largest absolute Gasteiger partial charge is 0.497 e. The molecule has 3 heterocycles. The van der Waals surface area contributed by atoms with E-state index in [1.807, 2.05) is 36.4 Å². The molecule has 180 valence electrons. The fourth-order valence-corrected chi connectivity index (χ4v) is 4.16. The second-order valence-electron chi connectivity index (χ2n) is 8.59. The van der Waals surface area contributed by atoms with E-state index in [4.69, 9.17) is 14.2 Å². The van der Waals surface area contributed by atoms with Gasteiger partial charge in [-0.3, -0.25) is 9.89 Å². The quantitative estimate of drug-likeness (QED) is 0.594. The molecule has 1 atom stereocenters. The van der Waals surface area contributed by atoms with E-state index in [0.717, 1.165) is 28.2 Å². The number of benzene rings is 2. The summed E-state index contributed by atoms with van der Waals surface area (Å²) in [5, 5.41) is 9.71. The lowest BCUT2D eigenvalue weighted by Crippen LogP contribution is -2.32. The Hall–Kier alpha value is -3.52. The second kappa shape index (κ2) is 11.1. The van der Waals surface area contributed by atoms with Gasteiger partial charge in [0.1, 0.15) is 23.9 Å². The molecule has 2 aliphatic rings. The summed E-state index contributed by atoms with van der Waals surface area (Å²) >= 11 is 0. The lowest BCUT2D eigenvalue weighted by Gasteiger charge is -2.25. The molecule has 2 aromatic carbocycles. The summed E-state index contributed by atoms with van der Waals surface area (Å²) in [6.45, 7) is 2.97. The Kier molecular flexibility index (Phi) is 7.69. The van der Waals surface area contributed by atoms with Gasteiger partial charge in [-0.15, -0.1) is 0 Å². The first-order valence-corrected chi connectivity index (χ1v) is 11.5. The maximum Gasteiger partial charge on any atom is 0.231 e. The number of carbonyl (C=O) groups excluding carboxylic acids is 1. The van der Waals surface area contributed by atoms with Crippen LogP contribution in [0.5, 0.6) is 17.2 Å². The number of hydrogen-bond acceptors (Lipinski definition) is 6. The number of fused-ring (bicyclic) bond motifs is 1. The average Bonchev–Trinajstić information content (AvgIpc) is 3.58. The van der Waals surface area contributed by atoms with Crippen molar-refractivity contribution in [1.82, 2.24) is 15.1 Å². The molecule has 8 nitrogen and oxygen atoms in total. The van der Waals surface area contributed by atoms with Crippen molar-refractivity contribution in [2.75, 3.05) is 46.3 Å². The van der Waals surface area contributed by atoms with Crippen LogP contribution in [0.15, 0.2) is 48.8 Å². The number of nitrogens with one attached hydrogen (secondary N) is 2. The summed E-state index contributed by atoms with van der Waals surface area (Å²) in [4.78, 5) is 15.2. The first kappa shape index (κ1) is 23.6. The molecule has 0 bridgehead atoms. The number of carbonyl (C=O) groups is 1. The van der Waals surface area contributed by atoms with Crippen LogP contribution >= 0.6 is 0 Å². The third-order valence-corrected chi connectivity index (χ3v) is 6.17. The van der Waals surface area contributed by atoms with Gasteiger partial charge in [-0.05, 0) is 80.9 Å². The third kappa shape index (κ3) is 5.69. The van der Waals surface area contributed by atoms with Crippen LogP contribution in [0.2, 0.25) is 0 Å². The molecule has 1 saturated heterocycles. The van der Waals surface area contributed by atoms with Crippen LogP contribution in [-0.4, -0.2) is 62.0 Å². The Balaban J connectivity index is 0.000000398. The highest BCUT2D eigenvalue weighted by Gasteiger charge is 2.27. The molecule has 3 aromatic rings. The standard InChI is InChI=1S/C21H21N3O4.C5H11N/c1-26-17-4-6-19-14(8-17)7-15(12-28-19)21(25)24-18-5-3-13(9-20(18)27-2)16-10-22-23-11-16;1-6-4-2-3-5-6/h3-6,8-11,15H,7,12H2,1-2H3,(H,22,23)(H,24,25);2-5H2,1H3. The van der Waals surface area contributed by atoms with Gasteiger partial charge in [-0.2, -0.15) is 5.10 Å². The van der Waals surface area contributed by atoms with Crippen molar-refractivity contribution < 1.29 is 19.0 Å². The zero-order valence-electron chi connectivity index (χ0n) is 20.0. The molecule has 0 saturated carbocycles. The Morgan fingerprint density at radius 1 is 1.12 bits per heavy atom. The lowest BCUT2D eigenvalue weighted by atomic mass is 9.95. The number of nitrogens with zero attached hydrogens (tertiary/aromatic N) is 2. The van der Waals surface area contributed by atoms with Gasteiger partial charge in [-0.25, -0.2) is 0 Å². The van der Waals surface area contributed by atoms with Gasteiger partial charge in [0.2, 0.25) is 5.91 Å². The van der Waals surface area contributed by atoms with Crippen LogP contribution in [-0.2, 0) is 11.2 Å². The van der Waals surface area contributed by atoms with Crippen LogP contribution in [0.25, 0.3) is 11.1 Å². The molecule has 1 unspecified atom stereocenters. The van der Waals surface area contributed by atoms with E-state index in [1.54, 1.807) is 26.6 Å². The van der Waals surface area contributed by atoms with Crippen molar-refractivity contribution in [1.29, 1.82) is 0 Å². The van der Waals surface area contributed by atoms with Crippen molar-refractivity contribution in [2.45, 2.75) is 19.3 Å². The van der Waals surface area contributed by atoms with Crippen LogP contribution in [0, 0.1) is 5.92 Å². The van der Waals surface area contributed by atoms with Crippen LogP contribution < -0.4 is 19.5 Å². The fraction of sp³-hybridized carbons (Fsp3) is 0.385. The molecule has 1 fully saturated rings. The number of likely N-dealkylation sites (tertiary alicyclic amines) is 1. The molecule has 1 aromatic heterocycles. The predicted molar refractivity (Wildman–Crippen MR) is 132 cm³/mol. The Labute approximate surface area is 200 Å². The molecule has 34 heavy (non-hydrogen) atoms. The molecule has 0 spiro atoms. The topological polar surface area (TPSA) is 88.7 Å². The minimum atomic E-state index is -0.294. The highest BCUT2D eigenvalue weighted by molar-refractivity contribution is 5.95. The summed E-state index contributed by atoms with van der Waals surface area (Å²) < 4.78 is 16.5. The summed E-state index contributed by atoms with van der Waals surface area (Å²) in [6, 6.07) is 11.3. The number of amides is 1. The van der Waals surface area contributed by atoms with Gasteiger partial charge in [0.25, 0.3) is 0 Å². The Morgan fingerprint density at radius 2 is 1.94 bits per heavy atom. The van der Waals surface area contributed by atoms with Crippen LogP contribution in [0.1, 0.15) is 18.4 Å². The molecule has 0 aliphatic carbocycles. The smallest absolute Gasteiger partial charge is 0.231 e. The van der Waals surface area contributed by atoms with E-state index in [-0.39, 0.29) is 11.8 Å². The van der Waals surface area contributed by atoms with Gasteiger partial charge >= 0.3 is 0 Å². The minimum absolute atomic E-state index is 0.108. The summed E-state index contributed by atoms with van der Waals surface area (Å²) in [5.41, 5.74) is 3.48. The first-order chi connectivity index (χ1) is 16.6. The molecule has 5 rings (SSSR count). The monoisotopic (exact) mass is 464 g/mol. The van der Waals surface area contributed by atoms with Gasteiger partial charge in [-0.1, -0.05) is 6.07 Å². The predicted octanol–water partition coefficient (Wildman–Crippen LogP) is 4.00. The number of ether oxygens (including phenoxy) is 3. The zero-order valence-corrected chi connectivity index (χ0v) is 20.0. The fourth-order valence-electron chi connectivity index (χ4n) is 4.16. The van der Waals surface area contributed by atoms with Gasteiger partial charge in [0.15, 0.2) is 0 Å². The average molecular weight is 465 g/mol. The van der Waals surface area contributed by atoms with E-state index in [0.29, 0.717) is 24.5 Å². The maximum atomic E-state index is 12.8. The lowest BCUT2D eigenvalue weighted by molar-refractivity contribution is -0.121. The van der Waals surface area contributed by atoms with Crippen molar-refractivity contribution in [3.05, 3.63) is 54.4 Å². The van der Waals surface area contributed by atoms with E-state index in [1.165, 1.54) is 25.9 Å². The van der Waals surface area contributed by atoms with Crippen molar-refractivity contribution >= 4 is 11.6 Å². The number of anilines is 1. The molecule has 2 aliphatic heterocycles.